The summed E-state index contributed by atoms with van der Waals surface area (Å²) in [6, 6.07) is 5.31. The molecule has 14 heavy (non-hydrogen) atoms. The van der Waals surface area contributed by atoms with E-state index in [0.29, 0.717) is 11.4 Å². The van der Waals surface area contributed by atoms with Gasteiger partial charge in [0.2, 0.25) is 0 Å². The van der Waals surface area contributed by atoms with Crippen LogP contribution in [0, 0.1) is 5.92 Å². The zero-order valence-electron chi connectivity index (χ0n) is 8.82. The van der Waals surface area contributed by atoms with Crippen LogP contribution in [0.3, 0.4) is 0 Å². The summed E-state index contributed by atoms with van der Waals surface area (Å²) in [6.07, 6.45) is -0.537. The Kier molecular flexibility index (Phi) is 3.36. The van der Waals surface area contributed by atoms with Gasteiger partial charge in [-0.15, -0.1) is 0 Å². The van der Waals surface area contributed by atoms with Crippen LogP contribution in [0.25, 0.3) is 0 Å². The number of methoxy groups -OCH3 is 1. The molecule has 1 atom stereocenters. The lowest BCUT2D eigenvalue weighted by Gasteiger charge is -2.17. The summed E-state index contributed by atoms with van der Waals surface area (Å²) in [5.74, 6) is 0.860. The van der Waals surface area contributed by atoms with E-state index in [-0.39, 0.29) is 5.92 Å². The summed E-state index contributed by atoms with van der Waals surface area (Å²) in [5.41, 5.74) is 7.11. The van der Waals surface area contributed by atoms with E-state index in [4.69, 9.17) is 10.5 Å². The van der Waals surface area contributed by atoms with Crippen molar-refractivity contribution in [2.75, 3.05) is 12.8 Å². The Morgan fingerprint density at radius 2 is 2.00 bits per heavy atom. The fourth-order valence-corrected chi connectivity index (χ4v) is 1.30. The lowest BCUT2D eigenvalue weighted by atomic mass is 9.97. The van der Waals surface area contributed by atoms with Crippen molar-refractivity contribution in [1.29, 1.82) is 0 Å². The summed E-state index contributed by atoms with van der Waals surface area (Å²) in [4.78, 5) is 0. The van der Waals surface area contributed by atoms with Crippen molar-refractivity contribution in [2.24, 2.45) is 5.92 Å². The lowest BCUT2D eigenvalue weighted by Crippen LogP contribution is -2.08. The minimum absolute atomic E-state index is 0.143. The predicted molar refractivity (Wildman–Crippen MR) is 57.2 cm³/mol. The Balaban J connectivity index is 3.05. The van der Waals surface area contributed by atoms with Crippen LogP contribution in [0.15, 0.2) is 18.2 Å². The number of hydrogen-bond donors (Lipinski definition) is 2. The van der Waals surface area contributed by atoms with Gasteiger partial charge in [-0.2, -0.15) is 0 Å². The van der Waals surface area contributed by atoms with Gasteiger partial charge in [0.25, 0.3) is 0 Å². The van der Waals surface area contributed by atoms with E-state index >= 15 is 0 Å². The maximum atomic E-state index is 9.86. The van der Waals surface area contributed by atoms with Crippen molar-refractivity contribution < 1.29 is 9.84 Å². The minimum Gasteiger partial charge on any atom is -0.497 e. The Morgan fingerprint density at radius 1 is 1.36 bits per heavy atom. The Labute approximate surface area is 84.5 Å². The van der Waals surface area contributed by atoms with E-state index in [1.807, 2.05) is 13.8 Å². The molecule has 0 heterocycles. The van der Waals surface area contributed by atoms with Gasteiger partial charge in [0.15, 0.2) is 0 Å². The fraction of sp³-hybridized carbons (Fsp3) is 0.455. The topological polar surface area (TPSA) is 55.5 Å². The molecule has 0 bridgehead atoms. The van der Waals surface area contributed by atoms with Gasteiger partial charge in [-0.05, 0) is 24.1 Å². The van der Waals surface area contributed by atoms with Gasteiger partial charge in [0.05, 0.1) is 13.2 Å². The summed E-state index contributed by atoms with van der Waals surface area (Å²) >= 11 is 0. The third-order valence-corrected chi connectivity index (χ3v) is 2.24. The molecule has 3 N–H and O–H groups in total. The average molecular weight is 195 g/mol. The molecule has 0 fully saturated rings. The molecule has 3 nitrogen and oxygen atoms in total. The van der Waals surface area contributed by atoms with E-state index in [0.717, 1.165) is 5.56 Å². The van der Waals surface area contributed by atoms with Crippen LogP contribution in [-0.4, -0.2) is 12.2 Å². The maximum Gasteiger partial charge on any atom is 0.119 e. The Bertz CT molecular complexity index is 310. The Morgan fingerprint density at radius 3 is 2.50 bits per heavy atom. The second-order valence-corrected chi connectivity index (χ2v) is 3.68. The number of hydrogen-bond acceptors (Lipinski definition) is 3. The van der Waals surface area contributed by atoms with Gasteiger partial charge in [-0.1, -0.05) is 13.8 Å². The highest BCUT2D eigenvalue weighted by Gasteiger charge is 2.15. The van der Waals surface area contributed by atoms with Gasteiger partial charge >= 0.3 is 0 Å². The number of rotatable bonds is 3. The van der Waals surface area contributed by atoms with Crippen LogP contribution in [0.5, 0.6) is 5.75 Å². The number of nitrogen functional groups attached to an aromatic ring is 1. The zero-order valence-corrected chi connectivity index (χ0v) is 8.82. The summed E-state index contributed by atoms with van der Waals surface area (Å²) in [6.45, 7) is 3.90. The monoisotopic (exact) mass is 195 g/mol. The van der Waals surface area contributed by atoms with Crippen LogP contribution < -0.4 is 10.5 Å². The van der Waals surface area contributed by atoms with Crippen molar-refractivity contribution in [3.05, 3.63) is 23.8 Å². The molecule has 78 valence electrons. The van der Waals surface area contributed by atoms with Gasteiger partial charge < -0.3 is 15.6 Å². The molecule has 1 aromatic rings. The lowest BCUT2D eigenvalue weighted by molar-refractivity contribution is 0.127. The molecule has 0 saturated heterocycles. The molecule has 0 radical (unpaired) electrons. The van der Waals surface area contributed by atoms with Crippen molar-refractivity contribution in [3.8, 4) is 5.75 Å². The summed E-state index contributed by atoms with van der Waals surface area (Å²) in [7, 11) is 1.59. The number of aliphatic hydroxyl groups excluding tert-OH is 1. The second-order valence-electron chi connectivity index (χ2n) is 3.68. The molecule has 0 amide bonds. The van der Waals surface area contributed by atoms with Crippen molar-refractivity contribution in [2.45, 2.75) is 20.0 Å². The molecule has 0 aliphatic rings. The number of aliphatic hydroxyl groups is 1. The normalized spacial score (nSPS) is 12.9. The second kappa shape index (κ2) is 4.33. The van der Waals surface area contributed by atoms with E-state index < -0.39 is 6.10 Å². The average Bonchev–Trinajstić information content (AvgIpc) is 2.17. The van der Waals surface area contributed by atoms with Gasteiger partial charge in [-0.25, -0.2) is 0 Å². The van der Waals surface area contributed by atoms with Crippen LogP contribution in [0.2, 0.25) is 0 Å². The molecule has 0 aliphatic heterocycles. The Hall–Kier alpha value is -1.22. The minimum atomic E-state index is -0.537. The molecule has 0 aromatic heterocycles. The highest BCUT2D eigenvalue weighted by molar-refractivity contribution is 5.51. The van der Waals surface area contributed by atoms with Crippen LogP contribution in [-0.2, 0) is 0 Å². The molecule has 0 aliphatic carbocycles. The number of benzene rings is 1. The van der Waals surface area contributed by atoms with E-state index in [9.17, 15) is 5.11 Å². The quantitative estimate of drug-likeness (QED) is 0.725. The third-order valence-electron chi connectivity index (χ3n) is 2.24. The zero-order chi connectivity index (χ0) is 10.7. The predicted octanol–water partition coefficient (Wildman–Crippen LogP) is 1.97. The number of ether oxygens (including phenoxy) is 1. The highest BCUT2D eigenvalue weighted by Crippen LogP contribution is 2.29. The number of nitrogens with two attached hydrogens (primary N) is 1. The SMILES string of the molecule is COc1ccc(N)c(C(O)C(C)C)c1. The third kappa shape index (κ3) is 2.17. The van der Waals surface area contributed by atoms with Gasteiger partial charge in [0.1, 0.15) is 5.75 Å². The molecule has 1 unspecified atom stereocenters. The first-order valence-corrected chi connectivity index (χ1v) is 4.67. The fourth-order valence-electron chi connectivity index (χ4n) is 1.30. The molecule has 3 heteroatoms. The van der Waals surface area contributed by atoms with Gasteiger partial charge in [-0.3, -0.25) is 0 Å². The number of anilines is 1. The van der Waals surface area contributed by atoms with Crippen molar-refractivity contribution in [1.82, 2.24) is 0 Å². The summed E-state index contributed by atoms with van der Waals surface area (Å²) < 4.78 is 5.07. The van der Waals surface area contributed by atoms with Gasteiger partial charge in [0, 0.05) is 11.3 Å². The first-order chi connectivity index (χ1) is 6.56. The largest absolute Gasteiger partial charge is 0.497 e. The molecular weight excluding hydrogens is 178 g/mol. The van der Waals surface area contributed by atoms with Crippen molar-refractivity contribution >= 4 is 5.69 Å². The molecular formula is C11H17NO2. The molecule has 1 rings (SSSR count). The highest BCUT2D eigenvalue weighted by atomic mass is 16.5. The molecule has 0 saturated carbocycles. The molecule has 1 aromatic carbocycles. The maximum absolute atomic E-state index is 9.86. The smallest absolute Gasteiger partial charge is 0.119 e. The van der Waals surface area contributed by atoms with Crippen molar-refractivity contribution in [3.63, 3.8) is 0 Å². The van der Waals surface area contributed by atoms with E-state index in [1.54, 1.807) is 25.3 Å². The standard InChI is InChI=1S/C11H17NO2/c1-7(2)11(13)9-6-8(14-3)4-5-10(9)12/h4-7,11,13H,12H2,1-3H3. The van der Waals surface area contributed by atoms with E-state index in [2.05, 4.69) is 0 Å². The van der Waals surface area contributed by atoms with E-state index in [1.165, 1.54) is 0 Å². The molecule has 0 spiro atoms. The first-order valence-electron chi connectivity index (χ1n) is 4.67. The summed E-state index contributed by atoms with van der Waals surface area (Å²) in [5, 5.41) is 9.86. The van der Waals surface area contributed by atoms with Crippen LogP contribution in [0.1, 0.15) is 25.5 Å². The van der Waals surface area contributed by atoms with Crippen LogP contribution >= 0.6 is 0 Å². The first kappa shape index (κ1) is 10.9. The van der Waals surface area contributed by atoms with Crippen LogP contribution in [0.4, 0.5) is 5.69 Å².